The van der Waals surface area contributed by atoms with Gasteiger partial charge in [-0.15, -0.1) is 0 Å². The molecule has 0 aliphatic carbocycles. The largest absolute Gasteiger partial charge is 0.462 e. The molecule has 0 N–H and O–H groups in total. The fraction of sp³-hybridized carbons (Fsp3) is 0.957. The van der Waals surface area contributed by atoms with E-state index in [1.54, 1.807) is 0 Å². The number of esters is 3. The Kier molecular flexibility index (Phi) is 63.6. The van der Waals surface area contributed by atoms with Crippen molar-refractivity contribution in [2.45, 2.75) is 412 Å². The maximum absolute atomic E-state index is 12.8. The maximum Gasteiger partial charge on any atom is 0.306 e. The lowest BCUT2D eigenvalue weighted by atomic mass is 10.0. The highest BCUT2D eigenvalue weighted by molar-refractivity contribution is 5.71. The predicted octanol–water partition coefficient (Wildman–Crippen LogP) is 23.5. The molecule has 0 aromatic rings. The van der Waals surface area contributed by atoms with E-state index >= 15 is 0 Å². The number of hydrogen-bond donors (Lipinski definition) is 0. The standard InChI is InChI=1S/C69H134O6/c1-4-7-10-13-16-19-22-23-24-25-26-27-28-29-30-31-32-33-34-35-36-37-38-39-40-41-42-43-44-45-48-50-53-56-59-62-68(71)74-65-66(75-69(72)63-60-57-54-51-47-21-18-15-12-9-6-3)64-73-67(70)61-58-55-52-49-46-20-17-14-11-8-5-2/h66H,4-65H2,1-3H3. The SMILES string of the molecule is CCCCCCCCCCCCCCCCCCCCCCCCCCCCCCCCCCCCCC(=O)OCC(COC(=O)CCCCCCCCCCCCC)OC(=O)CCCCCCCCCCCCC. The second-order valence-corrected chi connectivity index (χ2v) is 23.8. The van der Waals surface area contributed by atoms with Gasteiger partial charge in [0.25, 0.3) is 0 Å². The Labute approximate surface area is 469 Å². The Morgan fingerprint density at radius 3 is 0.533 bits per heavy atom. The normalized spacial score (nSPS) is 11.9. The van der Waals surface area contributed by atoms with Gasteiger partial charge in [0.2, 0.25) is 0 Å². The van der Waals surface area contributed by atoms with Crippen LogP contribution in [-0.2, 0) is 28.6 Å². The van der Waals surface area contributed by atoms with Crippen LogP contribution in [0.5, 0.6) is 0 Å². The van der Waals surface area contributed by atoms with Crippen LogP contribution in [0, 0.1) is 0 Å². The minimum atomic E-state index is -0.761. The van der Waals surface area contributed by atoms with Gasteiger partial charge in [0, 0.05) is 19.3 Å². The van der Waals surface area contributed by atoms with Gasteiger partial charge in [-0.3, -0.25) is 14.4 Å². The first kappa shape index (κ1) is 73.4. The zero-order valence-corrected chi connectivity index (χ0v) is 51.4. The highest BCUT2D eigenvalue weighted by Crippen LogP contribution is 2.19. The highest BCUT2D eigenvalue weighted by atomic mass is 16.6. The first-order valence-corrected chi connectivity index (χ1v) is 34.5. The second-order valence-electron chi connectivity index (χ2n) is 23.8. The lowest BCUT2D eigenvalue weighted by Crippen LogP contribution is -2.30. The average Bonchev–Trinajstić information content (AvgIpc) is 3.41. The quantitative estimate of drug-likeness (QED) is 0.0343. The van der Waals surface area contributed by atoms with E-state index in [0.717, 1.165) is 57.8 Å². The van der Waals surface area contributed by atoms with Gasteiger partial charge in [-0.25, -0.2) is 0 Å². The van der Waals surface area contributed by atoms with Gasteiger partial charge < -0.3 is 14.2 Å². The number of hydrogen-bond acceptors (Lipinski definition) is 6. The number of carbonyl (C=O) groups excluding carboxylic acids is 3. The molecule has 75 heavy (non-hydrogen) atoms. The molecule has 0 aromatic heterocycles. The molecule has 0 aliphatic heterocycles. The van der Waals surface area contributed by atoms with Gasteiger partial charge >= 0.3 is 17.9 Å². The Morgan fingerprint density at radius 1 is 0.213 bits per heavy atom. The molecule has 6 nitrogen and oxygen atoms in total. The van der Waals surface area contributed by atoms with Crippen LogP contribution in [0.4, 0.5) is 0 Å². The van der Waals surface area contributed by atoms with Crippen LogP contribution < -0.4 is 0 Å². The van der Waals surface area contributed by atoms with Crippen LogP contribution in [0.15, 0.2) is 0 Å². The molecule has 0 aromatic carbocycles. The minimum absolute atomic E-state index is 0.0613. The smallest absolute Gasteiger partial charge is 0.306 e. The van der Waals surface area contributed by atoms with Crippen molar-refractivity contribution in [3.8, 4) is 0 Å². The molecule has 0 rings (SSSR count). The summed E-state index contributed by atoms with van der Waals surface area (Å²) in [6.07, 6.45) is 76.0. The van der Waals surface area contributed by atoms with Crippen molar-refractivity contribution in [2.75, 3.05) is 13.2 Å². The molecule has 0 heterocycles. The number of unbranched alkanes of at least 4 members (excludes halogenated alkanes) is 54. The van der Waals surface area contributed by atoms with Gasteiger partial charge in [0.1, 0.15) is 13.2 Å². The molecule has 0 bridgehead atoms. The topological polar surface area (TPSA) is 78.9 Å². The van der Waals surface area contributed by atoms with Crippen LogP contribution >= 0.6 is 0 Å². The van der Waals surface area contributed by atoms with Crippen molar-refractivity contribution in [3.05, 3.63) is 0 Å². The molecule has 0 spiro atoms. The summed E-state index contributed by atoms with van der Waals surface area (Å²) in [6, 6.07) is 0. The maximum atomic E-state index is 12.8. The Morgan fingerprint density at radius 2 is 0.360 bits per heavy atom. The molecule has 6 heteroatoms. The molecule has 1 unspecified atom stereocenters. The molecular formula is C69H134O6. The summed E-state index contributed by atoms with van der Waals surface area (Å²) >= 11 is 0. The summed E-state index contributed by atoms with van der Waals surface area (Å²) in [6.45, 7) is 6.70. The van der Waals surface area contributed by atoms with Crippen molar-refractivity contribution in [2.24, 2.45) is 0 Å². The molecule has 446 valence electrons. The Balaban J connectivity index is 3.89. The van der Waals surface area contributed by atoms with Crippen LogP contribution in [-0.4, -0.2) is 37.2 Å². The molecule has 0 fully saturated rings. The monoisotopic (exact) mass is 1060 g/mol. The summed E-state index contributed by atoms with van der Waals surface area (Å²) in [7, 11) is 0. The minimum Gasteiger partial charge on any atom is -0.462 e. The first-order valence-electron chi connectivity index (χ1n) is 34.5. The van der Waals surface area contributed by atoms with Crippen LogP contribution in [0.25, 0.3) is 0 Å². The van der Waals surface area contributed by atoms with Crippen molar-refractivity contribution < 1.29 is 28.6 Å². The van der Waals surface area contributed by atoms with E-state index < -0.39 is 6.10 Å². The number of rotatable bonds is 65. The number of carbonyl (C=O) groups is 3. The van der Waals surface area contributed by atoms with Crippen molar-refractivity contribution >= 4 is 17.9 Å². The second kappa shape index (κ2) is 64.9. The lowest BCUT2D eigenvalue weighted by Gasteiger charge is -2.18. The summed E-state index contributed by atoms with van der Waals surface area (Å²) in [4.78, 5) is 38.1. The molecule has 0 saturated heterocycles. The third kappa shape index (κ3) is 63.1. The summed E-state index contributed by atoms with van der Waals surface area (Å²) in [5.41, 5.74) is 0. The van der Waals surface area contributed by atoms with E-state index in [9.17, 15) is 14.4 Å². The van der Waals surface area contributed by atoms with Gasteiger partial charge in [-0.1, -0.05) is 367 Å². The fourth-order valence-corrected chi connectivity index (χ4v) is 10.9. The number of ether oxygens (including phenoxy) is 3. The van der Waals surface area contributed by atoms with Crippen molar-refractivity contribution in [1.29, 1.82) is 0 Å². The van der Waals surface area contributed by atoms with E-state index in [-0.39, 0.29) is 31.1 Å². The summed E-state index contributed by atoms with van der Waals surface area (Å²) in [5.74, 6) is -0.833. The van der Waals surface area contributed by atoms with Gasteiger partial charge in [-0.05, 0) is 19.3 Å². The average molecular weight is 1060 g/mol. The Hall–Kier alpha value is -1.59. The summed E-state index contributed by atoms with van der Waals surface area (Å²) < 4.78 is 16.9. The van der Waals surface area contributed by atoms with E-state index in [2.05, 4.69) is 20.8 Å². The van der Waals surface area contributed by atoms with Crippen LogP contribution in [0.3, 0.4) is 0 Å². The van der Waals surface area contributed by atoms with Gasteiger partial charge in [0.05, 0.1) is 0 Å². The predicted molar refractivity (Wildman–Crippen MR) is 326 cm³/mol. The first-order chi connectivity index (χ1) is 37.0. The third-order valence-electron chi connectivity index (χ3n) is 16.1. The molecule has 1 atom stereocenters. The van der Waals surface area contributed by atoms with E-state index in [1.165, 1.54) is 308 Å². The molecule has 0 aliphatic rings. The molecule has 0 saturated carbocycles. The third-order valence-corrected chi connectivity index (χ3v) is 16.1. The summed E-state index contributed by atoms with van der Waals surface area (Å²) in [5, 5.41) is 0. The lowest BCUT2D eigenvalue weighted by molar-refractivity contribution is -0.167. The van der Waals surface area contributed by atoms with Gasteiger partial charge in [-0.2, -0.15) is 0 Å². The zero-order valence-electron chi connectivity index (χ0n) is 51.4. The van der Waals surface area contributed by atoms with E-state index in [4.69, 9.17) is 14.2 Å². The Bertz CT molecular complexity index is 1120. The highest BCUT2D eigenvalue weighted by Gasteiger charge is 2.19. The van der Waals surface area contributed by atoms with Crippen molar-refractivity contribution in [3.63, 3.8) is 0 Å². The molecular weight excluding hydrogens is 925 g/mol. The zero-order chi connectivity index (χ0) is 54.3. The van der Waals surface area contributed by atoms with E-state index in [0.29, 0.717) is 19.3 Å². The van der Waals surface area contributed by atoms with Gasteiger partial charge in [0.15, 0.2) is 6.10 Å². The van der Waals surface area contributed by atoms with Crippen LogP contribution in [0.2, 0.25) is 0 Å². The van der Waals surface area contributed by atoms with E-state index in [1.807, 2.05) is 0 Å². The molecule has 0 amide bonds. The van der Waals surface area contributed by atoms with Crippen LogP contribution in [0.1, 0.15) is 406 Å². The van der Waals surface area contributed by atoms with Crippen molar-refractivity contribution in [1.82, 2.24) is 0 Å². The fourth-order valence-electron chi connectivity index (χ4n) is 10.9. The molecule has 0 radical (unpaired) electrons.